The smallest absolute Gasteiger partial charge is 0.222 e. The largest absolute Gasteiger partial charge is 0.347 e. The van der Waals surface area contributed by atoms with Crippen LogP contribution in [-0.4, -0.2) is 11.8 Å². The zero-order chi connectivity index (χ0) is 9.10. The highest BCUT2D eigenvalue weighted by molar-refractivity contribution is 7.99. The number of nitrogens with one attached hydrogen (secondary N) is 1. The zero-order valence-electron chi connectivity index (χ0n) is 7.19. The molecule has 1 fully saturated rings. The zero-order valence-corrected chi connectivity index (χ0v) is 8.01. The van der Waals surface area contributed by atoms with Gasteiger partial charge in [-0.3, -0.25) is 4.79 Å². The van der Waals surface area contributed by atoms with E-state index in [-0.39, 0.29) is 5.91 Å². The van der Waals surface area contributed by atoms with Gasteiger partial charge in [0.25, 0.3) is 0 Å². The molecule has 0 saturated carbocycles. The number of benzene rings is 1. The lowest BCUT2D eigenvalue weighted by molar-refractivity contribution is -0.121. The third-order valence-corrected chi connectivity index (χ3v) is 3.25. The van der Waals surface area contributed by atoms with E-state index in [4.69, 9.17) is 0 Å². The molecule has 0 radical (unpaired) electrons. The first-order valence-electron chi connectivity index (χ1n) is 4.29. The predicted molar refractivity (Wildman–Crippen MR) is 54.4 cm³/mol. The van der Waals surface area contributed by atoms with Gasteiger partial charge in [0.2, 0.25) is 5.91 Å². The molecule has 1 saturated heterocycles. The van der Waals surface area contributed by atoms with E-state index in [0.717, 1.165) is 5.88 Å². The number of carbonyl (C=O) groups excluding carboxylic acids is 1. The molecule has 0 spiro atoms. The Morgan fingerprint density at radius 3 is 2.77 bits per heavy atom. The Balaban J connectivity index is 2.13. The van der Waals surface area contributed by atoms with Crippen molar-refractivity contribution in [1.82, 2.24) is 5.32 Å². The van der Waals surface area contributed by atoms with Gasteiger partial charge in [-0.25, -0.2) is 0 Å². The first-order chi connectivity index (χ1) is 6.36. The molecule has 13 heavy (non-hydrogen) atoms. The summed E-state index contributed by atoms with van der Waals surface area (Å²) in [6.45, 7) is 0. The minimum Gasteiger partial charge on any atom is -0.347 e. The maximum absolute atomic E-state index is 11.1. The Morgan fingerprint density at radius 2 is 2.08 bits per heavy atom. The molecule has 1 aromatic rings. The van der Waals surface area contributed by atoms with Gasteiger partial charge in [-0.1, -0.05) is 30.3 Å². The number of hydrogen-bond acceptors (Lipinski definition) is 2. The van der Waals surface area contributed by atoms with E-state index in [9.17, 15) is 4.79 Å². The lowest BCUT2D eigenvalue weighted by Crippen LogP contribution is -2.29. The first-order valence-corrected chi connectivity index (χ1v) is 5.34. The Morgan fingerprint density at radius 1 is 1.31 bits per heavy atom. The van der Waals surface area contributed by atoms with Crippen molar-refractivity contribution in [2.75, 3.05) is 5.88 Å². The van der Waals surface area contributed by atoms with Gasteiger partial charge < -0.3 is 5.32 Å². The molecule has 0 bridgehead atoms. The molecule has 68 valence electrons. The molecule has 0 aliphatic carbocycles. The molecule has 1 aliphatic heterocycles. The lowest BCUT2D eigenvalue weighted by Gasteiger charge is -2.21. The van der Waals surface area contributed by atoms with Gasteiger partial charge in [0.05, 0.1) is 5.88 Å². The van der Waals surface area contributed by atoms with E-state index in [2.05, 4.69) is 17.4 Å². The van der Waals surface area contributed by atoms with E-state index >= 15 is 0 Å². The van der Waals surface area contributed by atoms with Gasteiger partial charge in [-0.15, -0.1) is 11.8 Å². The van der Waals surface area contributed by atoms with E-state index in [0.29, 0.717) is 11.7 Å². The van der Waals surface area contributed by atoms with Crippen LogP contribution in [0.1, 0.15) is 17.2 Å². The fraction of sp³-hybridized carbons (Fsp3) is 0.300. The Kier molecular flexibility index (Phi) is 2.54. The van der Waals surface area contributed by atoms with Crippen LogP contribution < -0.4 is 5.32 Å². The van der Waals surface area contributed by atoms with Crippen molar-refractivity contribution < 1.29 is 4.79 Å². The molecule has 1 amide bonds. The summed E-state index contributed by atoms with van der Waals surface area (Å²) >= 11 is 1.79. The van der Waals surface area contributed by atoms with Crippen LogP contribution in [0.15, 0.2) is 30.3 Å². The van der Waals surface area contributed by atoms with Crippen LogP contribution in [0.3, 0.4) is 0 Å². The number of amides is 1. The maximum atomic E-state index is 11.1. The van der Waals surface area contributed by atoms with Gasteiger partial charge in [-0.05, 0) is 5.56 Å². The summed E-state index contributed by atoms with van der Waals surface area (Å²) in [5.41, 5.74) is 1.25. The number of hydrogen-bond donors (Lipinski definition) is 1. The predicted octanol–water partition coefficient (Wildman–Crippen LogP) is 1.94. The highest BCUT2D eigenvalue weighted by Crippen LogP contribution is 2.33. The molecule has 1 N–H and O–H groups in total. The molecule has 2 rings (SSSR count). The first kappa shape index (κ1) is 8.63. The van der Waals surface area contributed by atoms with E-state index < -0.39 is 0 Å². The highest BCUT2D eigenvalue weighted by Gasteiger charge is 2.20. The molecule has 1 heterocycles. The van der Waals surface area contributed by atoms with Gasteiger partial charge in [0.15, 0.2) is 0 Å². The van der Waals surface area contributed by atoms with E-state index in [1.165, 1.54) is 5.56 Å². The van der Waals surface area contributed by atoms with Gasteiger partial charge >= 0.3 is 0 Å². The maximum Gasteiger partial charge on any atom is 0.222 e. The molecule has 1 aromatic carbocycles. The third kappa shape index (κ3) is 2.04. The second-order valence-corrected chi connectivity index (χ2v) is 4.21. The van der Waals surface area contributed by atoms with Crippen molar-refractivity contribution in [1.29, 1.82) is 0 Å². The lowest BCUT2D eigenvalue weighted by atomic mass is 10.1. The molecule has 1 atom stereocenters. The number of carbonyl (C=O) groups is 1. The molecular formula is C10H11NOS. The summed E-state index contributed by atoms with van der Waals surface area (Å²) in [5, 5.41) is 3.15. The fourth-order valence-corrected chi connectivity index (χ4v) is 2.47. The van der Waals surface area contributed by atoms with Crippen molar-refractivity contribution in [2.24, 2.45) is 0 Å². The minimum absolute atomic E-state index is 0.160. The summed E-state index contributed by atoms with van der Waals surface area (Å²) in [6.07, 6.45) is 0.606. The van der Waals surface area contributed by atoms with Crippen LogP contribution >= 0.6 is 11.8 Å². The average molecular weight is 193 g/mol. The van der Waals surface area contributed by atoms with Crippen molar-refractivity contribution in [2.45, 2.75) is 11.7 Å². The summed E-state index contributed by atoms with van der Waals surface area (Å²) in [4.78, 5) is 11.1. The van der Waals surface area contributed by atoms with Crippen molar-refractivity contribution in [3.63, 3.8) is 0 Å². The second kappa shape index (κ2) is 3.83. The normalized spacial score (nSPS) is 22.5. The molecule has 1 unspecified atom stereocenters. The minimum atomic E-state index is 0.160. The van der Waals surface area contributed by atoms with Crippen molar-refractivity contribution >= 4 is 17.7 Å². The molecule has 1 aliphatic rings. The third-order valence-electron chi connectivity index (χ3n) is 2.10. The van der Waals surface area contributed by atoms with Crippen LogP contribution in [0.25, 0.3) is 0 Å². The molecule has 3 heteroatoms. The quantitative estimate of drug-likeness (QED) is 0.738. The SMILES string of the molecule is O=C1CC(c2ccccc2)SCN1. The van der Waals surface area contributed by atoms with Crippen LogP contribution in [0.4, 0.5) is 0 Å². The fourth-order valence-electron chi connectivity index (χ4n) is 1.40. The number of thioether (sulfide) groups is 1. The van der Waals surface area contributed by atoms with Crippen LogP contribution in [0.2, 0.25) is 0 Å². The van der Waals surface area contributed by atoms with E-state index in [1.54, 1.807) is 11.8 Å². The second-order valence-electron chi connectivity index (χ2n) is 3.01. The molecule has 0 aromatic heterocycles. The summed E-state index contributed by atoms with van der Waals surface area (Å²) in [7, 11) is 0. The topological polar surface area (TPSA) is 29.1 Å². The van der Waals surface area contributed by atoms with Crippen molar-refractivity contribution in [3.05, 3.63) is 35.9 Å². The number of rotatable bonds is 1. The monoisotopic (exact) mass is 193 g/mol. The Hall–Kier alpha value is -0.960. The standard InChI is InChI=1S/C10H11NOS/c12-10-6-9(13-7-11-10)8-4-2-1-3-5-8/h1-5,9H,6-7H2,(H,11,12). The Bertz CT molecular complexity index is 299. The highest BCUT2D eigenvalue weighted by atomic mass is 32.2. The van der Waals surface area contributed by atoms with Crippen molar-refractivity contribution in [3.8, 4) is 0 Å². The van der Waals surface area contributed by atoms with Gasteiger partial charge in [0.1, 0.15) is 0 Å². The molecule has 2 nitrogen and oxygen atoms in total. The summed E-state index contributed by atoms with van der Waals surface area (Å²) in [6, 6.07) is 10.2. The molecular weight excluding hydrogens is 182 g/mol. The van der Waals surface area contributed by atoms with Gasteiger partial charge in [-0.2, -0.15) is 0 Å². The van der Waals surface area contributed by atoms with Crippen LogP contribution in [0, 0.1) is 0 Å². The summed E-state index contributed by atoms with van der Waals surface area (Å²) < 4.78 is 0. The summed E-state index contributed by atoms with van der Waals surface area (Å²) in [5.74, 6) is 0.894. The van der Waals surface area contributed by atoms with E-state index in [1.807, 2.05) is 18.2 Å². The van der Waals surface area contributed by atoms with Gasteiger partial charge in [0, 0.05) is 11.7 Å². The van der Waals surface area contributed by atoms with Crippen LogP contribution in [0.5, 0.6) is 0 Å². The van der Waals surface area contributed by atoms with Crippen LogP contribution in [-0.2, 0) is 4.79 Å². The Labute approximate surface area is 81.7 Å². The average Bonchev–Trinajstić information content (AvgIpc) is 2.19.